The van der Waals surface area contributed by atoms with Gasteiger partial charge in [-0.15, -0.1) is 0 Å². The van der Waals surface area contributed by atoms with E-state index in [-0.39, 0.29) is 5.54 Å². The van der Waals surface area contributed by atoms with Gasteiger partial charge in [-0.1, -0.05) is 24.3 Å². The third-order valence-electron chi connectivity index (χ3n) is 2.78. The Labute approximate surface area is 121 Å². The van der Waals surface area contributed by atoms with E-state index < -0.39 is 0 Å². The van der Waals surface area contributed by atoms with Gasteiger partial charge < -0.3 is 10.1 Å². The minimum absolute atomic E-state index is 0.137. The van der Waals surface area contributed by atoms with Crippen LogP contribution < -0.4 is 10.1 Å². The molecule has 3 heteroatoms. The number of hydrogen-bond donors (Lipinski definition) is 1. The first-order valence-corrected chi connectivity index (χ1v) is 6.97. The van der Waals surface area contributed by atoms with Crippen molar-refractivity contribution in [1.29, 1.82) is 0 Å². The predicted octanol–water partition coefficient (Wildman–Crippen LogP) is 3.80. The summed E-state index contributed by atoms with van der Waals surface area (Å²) in [7, 11) is 0. The van der Waals surface area contributed by atoms with Crippen LogP contribution in [0.5, 0.6) is 11.6 Å². The minimum atomic E-state index is 0.137. The largest absolute Gasteiger partial charge is 0.439 e. The maximum Gasteiger partial charge on any atom is 0.219 e. The van der Waals surface area contributed by atoms with Crippen molar-refractivity contribution in [2.75, 3.05) is 6.54 Å². The van der Waals surface area contributed by atoms with Crippen molar-refractivity contribution in [1.82, 2.24) is 10.3 Å². The topological polar surface area (TPSA) is 34.1 Å². The summed E-state index contributed by atoms with van der Waals surface area (Å²) in [5.74, 6) is 1.45. The second kappa shape index (κ2) is 6.53. The lowest BCUT2D eigenvalue weighted by molar-refractivity contribution is 0.426. The number of hydrogen-bond acceptors (Lipinski definition) is 3. The lowest BCUT2D eigenvalue weighted by Crippen LogP contribution is -2.37. The maximum absolute atomic E-state index is 5.73. The summed E-state index contributed by atoms with van der Waals surface area (Å²) in [6, 6.07) is 15.6. The SMILES string of the molecule is CC(C)(C)NCCc1cccc(Oc2ccccc2)n1. The zero-order chi connectivity index (χ0) is 14.4. The van der Waals surface area contributed by atoms with Crippen LogP contribution in [0.3, 0.4) is 0 Å². The quantitative estimate of drug-likeness (QED) is 0.897. The molecule has 106 valence electrons. The summed E-state index contributed by atoms with van der Waals surface area (Å²) in [6.45, 7) is 7.39. The van der Waals surface area contributed by atoms with Crippen LogP contribution in [0.15, 0.2) is 48.5 Å². The van der Waals surface area contributed by atoms with Gasteiger partial charge in [0.15, 0.2) is 0 Å². The number of para-hydroxylation sites is 1. The highest BCUT2D eigenvalue weighted by atomic mass is 16.5. The molecule has 0 atom stereocenters. The van der Waals surface area contributed by atoms with E-state index in [4.69, 9.17) is 4.74 Å². The predicted molar refractivity (Wildman–Crippen MR) is 82.2 cm³/mol. The fourth-order valence-corrected chi connectivity index (χ4v) is 1.83. The van der Waals surface area contributed by atoms with Crippen LogP contribution in [0.4, 0.5) is 0 Å². The molecule has 0 saturated carbocycles. The van der Waals surface area contributed by atoms with Crippen LogP contribution >= 0.6 is 0 Å². The third kappa shape index (κ3) is 5.02. The highest BCUT2D eigenvalue weighted by molar-refractivity contribution is 5.27. The molecular formula is C17H22N2O. The number of ether oxygens (including phenoxy) is 1. The van der Waals surface area contributed by atoms with E-state index >= 15 is 0 Å². The van der Waals surface area contributed by atoms with Gasteiger partial charge in [-0.05, 0) is 39.0 Å². The number of rotatable bonds is 5. The van der Waals surface area contributed by atoms with Gasteiger partial charge in [0.1, 0.15) is 5.75 Å². The maximum atomic E-state index is 5.73. The van der Waals surface area contributed by atoms with Crippen molar-refractivity contribution in [3.8, 4) is 11.6 Å². The van der Waals surface area contributed by atoms with Gasteiger partial charge in [0.2, 0.25) is 5.88 Å². The van der Waals surface area contributed by atoms with Gasteiger partial charge in [-0.25, -0.2) is 4.98 Å². The molecule has 0 aliphatic heterocycles. The van der Waals surface area contributed by atoms with Gasteiger partial charge in [0.25, 0.3) is 0 Å². The smallest absolute Gasteiger partial charge is 0.219 e. The first-order chi connectivity index (χ1) is 9.53. The van der Waals surface area contributed by atoms with E-state index in [1.54, 1.807) is 0 Å². The standard InChI is InChI=1S/C17H22N2O/c1-17(2,3)18-13-12-14-8-7-11-16(19-14)20-15-9-5-4-6-10-15/h4-11,18H,12-13H2,1-3H3. The molecule has 0 bridgehead atoms. The molecule has 3 nitrogen and oxygen atoms in total. The molecule has 0 radical (unpaired) electrons. The highest BCUT2D eigenvalue weighted by Crippen LogP contribution is 2.18. The van der Waals surface area contributed by atoms with Crippen LogP contribution in [-0.4, -0.2) is 17.1 Å². The monoisotopic (exact) mass is 270 g/mol. The molecule has 0 saturated heterocycles. The van der Waals surface area contributed by atoms with E-state index in [1.807, 2.05) is 48.5 Å². The Morgan fingerprint density at radius 1 is 1.00 bits per heavy atom. The molecule has 0 aliphatic rings. The molecule has 1 aromatic carbocycles. The number of benzene rings is 1. The van der Waals surface area contributed by atoms with Crippen molar-refractivity contribution >= 4 is 0 Å². The van der Waals surface area contributed by atoms with Crippen LogP contribution in [0.25, 0.3) is 0 Å². The van der Waals surface area contributed by atoms with Crippen molar-refractivity contribution in [2.24, 2.45) is 0 Å². The van der Waals surface area contributed by atoms with Gasteiger partial charge in [-0.3, -0.25) is 0 Å². The second-order valence-electron chi connectivity index (χ2n) is 5.81. The number of nitrogens with one attached hydrogen (secondary N) is 1. The fraction of sp³-hybridized carbons (Fsp3) is 0.353. The van der Waals surface area contributed by atoms with Crippen LogP contribution in [0.1, 0.15) is 26.5 Å². The van der Waals surface area contributed by atoms with Crippen molar-refractivity contribution in [3.63, 3.8) is 0 Å². The van der Waals surface area contributed by atoms with Crippen molar-refractivity contribution in [2.45, 2.75) is 32.7 Å². The summed E-state index contributed by atoms with van der Waals surface area (Å²) in [6.07, 6.45) is 0.892. The Morgan fingerprint density at radius 2 is 1.75 bits per heavy atom. The zero-order valence-electron chi connectivity index (χ0n) is 12.4. The minimum Gasteiger partial charge on any atom is -0.439 e. The Bertz CT molecular complexity index is 532. The molecular weight excluding hydrogens is 248 g/mol. The van der Waals surface area contributed by atoms with Crippen LogP contribution in [0, 0.1) is 0 Å². The summed E-state index contributed by atoms with van der Waals surface area (Å²) in [5, 5.41) is 3.46. The summed E-state index contributed by atoms with van der Waals surface area (Å²) in [5.41, 5.74) is 1.17. The molecule has 0 fully saturated rings. The van der Waals surface area contributed by atoms with E-state index in [1.165, 1.54) is 0 Å². The van der Waals surface area contributed by atoms with Crippen molar-refractivity contribution < 1.29 is 4.74 Å². The fourth-order valence-electron chi connectivity index (χ4n) is 1.83. The third-order valence-corrected chi connectivity index (χ3v) is 2.78. The van der Waals surface area contributed by atoms with Crippen LogP contribution in [0.2, 0.25) is 0 Å². The van der Waals surface area contributed by atoms with Gasteiger partial charge in [-0.2, -0.15) is 0 Å². The molecule has 1 aromatic heterocycles. The van der Waals surface area contributed by atoms with Gasteiger partial charge >= 0.3 is 0 Å². The van der Waals surface area contributed by atoms with E-state index in [2.05, 4.69) is 31.1 Å². The van der Waals surface area contributed by atoms with E-state index in [9.17, 15) is 0 Å². The van der Waals surface area contributed by atoms with E-state index in [0.717, 1.165) is 24.4 Å². The molecule has 2 aromatic rings. The number of aromatic nitrogens is 1. The average Bonchev–Trinajstić information content (AvgIpc) is 2.39. The lowest BCUT2D eigenvalue weighted by atomic mass is 10.1. The molecule has 0 unspecified atom stereocenters. The molecule has 20 heavy (non-hydrogen) atoms. The first kappa shape index (κ1) is 14.5. The van der Waals surface area contributed by atoms with E-state index in [0.29, 0.717) is 5.88 Å². The van der Waals surface area contributed by atoms with Gasteiger partial charge in [0.05, 0.1) is 0 Å². The summed E-state index contributed by atoms with van der Waals surface area (Å²) < 4.78 is 5.73. The Morgan fingerprint density at radius 3 is 2.45 bits per heavy atom. The van der Waals surface area contributed by atoms with Crippen molar-refractivity contribution in [3.05, 3.63) is 54.2 Å². The number of pyridine rings is 1. The number of nitrogens with zero attached hydrogens (tertiary/aromatic N) is 1. The van der Waals surface area contributed by atoms with Gasteiger partial charge in [0, 0.05) is 30.3 Å². The average molecular weight is 270 g/mol. The Balaban J connectivity index is 1.94. The molecule has 1 heterocycles. The molecule has 0 amide bonds. The first-order valence-electron chi connectivity index (χ1n) is 6.97. The Hall–Kier alpha value is -1.87. The molecule has 0 spiro atoms. The molecule has 2 rings (SSSR count). The summed E-state index contributed by atoms with van der Waals surface area (Å²) >= 11 is 0. The molecule has 1 N–H and O–H groups in total. The normalized spacial score (nSPS) is 11.3. The highest BCUT2D eigenvalue weighted by Gasteiger charge is 2.08. The second-order valence-corrected chi connectivity index (χ2v) is 5.81. The Kier molecular flexibility index (Phi) is 4.74. The lowest BCUT2D eigenvalue weighted by Gasteiger charge is -2.20. The zero-order valence-corrected chi connectivity index (χ0v) is 12.4. The van der Waals surface area contributed by atoms with Crippen LogP contribution in [-0.2, 0) is 6.42 Å². The molecule has 0 aliphatic carbocycles. The summed E-state index contributed by atoms with van der Waals surface area (Å²) in [4.78, 5) is 4.53.